The van der Waals surface area contributed by atoms with Gasteiger partial charge in [0.25, 0.3) is 5.91 Å². The standard InChI is InChI=1S/C19H25N5O2/c1-14(2)26-17-7-5-4-6-15(17)22-19(25)16-12-18(21-13-20-16)24-10-8-23(3)9-11-24/h4-7,12-14H,8-11H2,1-3H3,(H,22,25). The Morgan fingerprint density at radius 3 is 2.62 bits per heavy atom. The van der Waals surface area contributed by atoms with Crippen LogP contribution in [0.1, 0.15) is 24.3 Å². The van der Waals surface area contributed by atoms with E-state index in [4.69, 9.17) is 4.74 Å². The van der Waals surface area contributed by atoms with E-state index >= 15 is 0 Å². The van der Waals surface area contributed by atoms with Crippen LogP contribution in [0.25, 0.3) is 0 Å². The second-order valence-corrected chi connectivity index (χ2v) is 6.67. The molecule has 0 aliphatic carbocycles. The molecule has 2 aromatic rings. The third kappa shape index (κ3) is 4.49. The summed E-state index contributed by atoms with van der Waals surface area (Å²) in [5, 5.41) is 2.89. The predicted octanol–water partition coefficient (Wildman–Crippen LogP) is 2.27. The first-order valence-electron chi connectivity index (χ1n) is 8.85. The lowest BCUT2D eigenvalue weighted by Gasteiger charge is -2.33. The van der Waals surface area contributed by atoms with Gasteiger partial charge in [0.05, 0.1) is 11.8 Å². The van der Waals surface area contributed by atoms with Crippen molar-refractivity contribution in [2.75, 3.05) is 43.4 Å². The smallest absolute Gasteiger partial charge is 0.274 e. The Hall–Kier alpha value is -2.67. The number of carbonyl (C=O) groups is 1. The number of hydrogen-bond donors (Lipinski definition) is 1. The lowest BCUT2D eigenvalue weighted by atomic mass is 10.2. The molecule has 0 radical (unpaired) electrons. The van der Waals surface area contributed by atoms with E-state index in [1.807, 2.05) is 38.1 Å². The van der Waals surface area contributed by atoms with Gasteiger partial charge in [0.15, 0.2) is 0 Å². The molecule has 0 bridgehead atoms. The minimum absolute atomic E-state index is 0.0240. The van der Waals surface area contributed by atoms with Crippen LogP contribution in [0.2, 0.25) is 0 Å². The summed E-state index contributed by atoms with van der Waals surface area (Å²) in [5.74, 6) is 1.15. The van der Waals surface area contributed by atoms with E-state index in [0.29, 0.717) is 17.1 Å². The third-order valence-electron chi connectivity index (χ3n) is 4.21. The average Bonchev–Trinajstić information content (AvgIpc) is 2.63. The zero-order chi connectivity index (χ0) is 18.5. The number of hydrogen-bond acceptors (Lipinski definition) is 6. The number of amides is 1. The molecule has 3 rings (SSSR count). The first-order valence-corrected chi connectivity index (χ1v) is 8.85. The second kappa shape index (κ2) is 8.14. The first-order chi connectivity index (χ1) is 12.5. The van der Waals surface area contributed by atoms with Gasteiger partial charge in [0.2, 0.25) is 0 Å². The molecule has 7 nitrogen and oxygen atoms in total. The number of likely N-dealkylation sites (N-methyl/N-ethyl adjacent to an activating group) is 1. The molecule has 1 fully saturated rings. The number of para-hydroxylation sites is 2. The molecule has 1 N–H and O–H groups in total. The van der Waals surface area contributed by atoms with Crippen molar-refractivity contribution < 1.29 is 9.53 Å². The summed E-state index contributed by atoms with van der Waals surface area (Å²) in [6, 6.07) is 9.14. The lowest BCUT2D eigenvalue weighted by Crippen LogP contribution is -2.44. The molecule has 1 aromatic heterocycles. The van der Waals surface area contributed by atoms with Gasteiger partial charge in [-0.25, -0.2) is 9.97 Å². The predicted molar refractivity (Wildman–Crippen MR) is 102 cm³/mol. The van der Waals surface area contributed by atoms with Crippen LogP contribution in [0.5, 0.6) is 5.75 Å². The van der Waals surface area contributed by atoms with Crippen LogP contribution in [0.4, 0.5) is 11.5 Å². The van der Waals surface area contributed by atoms with Gasteiger partial charge in [-0.3, -0.25) is 4.79 Å². The number of benzene rings is 1. The highest BCUT2D eigenvalue weighted by Gasteiger charge is 2.18. The van der Waals surface area contributed by atoms with Gasteiger partial charge in [0, 0.05) is 32.2 Å². The number of nitrogens with one attached hydrogen (secondary N) is 1. The Labute approximate surface area is 154 Å². The van der Waals surface area contributed by atoms with Crippen molar-refractivity contribution in [1.82, 2.24) is 14.9 Å². The van der Waals surface area contributed by atoms with Gasteiger partial charge in [0.1, 0.15) is 23.6 Å². The van der Waals surface area contributed by atoms with Crippen molar-refractivity contribution in [1.29, 1.82) is 0 Å². The first kappa shape index (κ1) is 18.1. The van der Waals surface area contributed by atoms with E-state index in [2.05, 4.69) is 32.1 Å². The zero-order valence-corrected chi connectivity index (χ0v) is 15.5. The van der Waals surface area contributed by atoms with Gasteiger partial charge >= 0.3 is 0 Å². The van der Waals surface area contributed by atoms with E-state index in [0.717, 1.165) is 32.0 Å². The summed E-state index contributed by atoms with van der Waals surface area (Å²) in [6.07, 6.45) is 1.47. The van der Waals surface area contributed by atoms with E-state index < -0.39 is 0 Å². The van der Waals surface area contributed by atoms with Gasteiger partial charge in [-0.05, 0) is 33.0 Å². The van der Waals surface area contributed by atoms with Crippen LogP contribution in [-0.2, 0) is 0 Å². The normalized spacial score (nSPS) is 15.2. The molecular formula is C19H25N5O2. The Balaban J connectivity index is 1.74. The molecule has 1 amide bonds. The van der Waals surface area contributed by atoms with E-state index in [1.54, 1.807) is 6.07 Å². The molecule has 0 saturated carbocycles. The van der Waals surface area contributed by atoms with Gasteiger partial charge in [-0.1, -0.05) is 12.1 Å². The van der Waals surface area contributed by atoms with Crippen molar-refractivity contribution in [3.05, 3.63) is 42.4 Å². The Morgan fingerprint density at radius 2 is 1.88 bits per heavy atom. The highest BCUT2D eigenvalue weighted by molar-refractivity contribution is 6.04. The molecule has 1 saturated heterocycles. The second-order valence-electron chi connectivity index (χ2n) is 6.67. The molecule has 0 spiro atoms. The number of rotatable bonds is 5. The van der Waals surface area contributed by atoms with Crippen molar-refractivity contribution in [3.63, 3.8) is 0 Å². The quantitative estimate of drug-likeness (QED) is 0.887. The largest absolute Gasteiger partial charge is 0.489 e. The SMILES string of the molecule is CC(C)Oc1ccccc1NC(=O)c1cc(N2CCN(C)CC2)ncn1. The molecule has 1 aromatic carbocycles. The lowest BCUT2D eigenvalue weighted by molar-refractivity contribution is 0.102. The van der Waals surface area contributed by atoms with Crippen LogP contribution < -0.4 is 15.0 Å². The minimum Gasteiger partial charge on any atom is -0.489 e. The number of nitrogens with zero attached hydrogens (tertiary/aromatic N) is 4. The number of piperazine rings is 1. The summed E-state index contributed by atoms with van der Waals surface area (Å²) >= 11 is 0. The van der Waals surface area contributed by atoms with Crippen LogP contribution in [0, 0.1) is 0 Å². The average molecular weight is 355 g/mol. The number of aromatic nitrogens is 2. The number of carbonyl (C=O) groups excluding carboxylic acids is 1. The number of anilines is 2. The van der Waals surface area contributed by atoms with Gasteiger partial charge < -0.3 is 19.9 Å². The molecule has 26 heavy (non-hydrogen) atoms. The van der Waals surface area contributed by atoms with E-state index in [-0.39, 0.29) is 12.0 Å². The molecule has 138 valence electrons. The fourth-order valence-electron chi connectivity index (χ4n) is 2.79. The Morgan fingerprint density at radius 1 is 1.15 bits per heavy atom. The Kier molecular flexibility index (Phi) is 5.68. The molecule has 0 unspecified atom stereocenters. The maximum Gasteiger partial charge on any atom is 0.274 e. The highest BCUT2D eigenvalue weighted by Crippen LogP contribution is 2.25. The van der Waals surface area contributed by atoms with Crippen LogP contribution in [-0.4, -0.2) is 60.1 Å². The van der Waals surface area contributed by atoms with Crippen LogP contribution >= 0.6 is 0 Å². The fraction of sp³-hybridized carbons (Fsp3) is 0.421. The molecule has 7 heteroatoms. The summed E-state index contributed by atoms with van der Waals surface area (Å²) in [6.45, 7) is 7.63. The van der Waals surface area contributed by atoms with Gasteiger partial charge in [-0.15, -0.1) is 0 Å². The summed E-state index contributed by atoms with van der Waals surface area (Å²) < 4.78 is 5.75. The van der Waals surface area contributed by atoms with Crippen molar-refractivity contribution >= 4 is 17.4 Å². The van der Waals surface area contributed by atoms with Crippen LogP contribution in [0.15, 0.2) is 36.7 Å². The summed E-state index contributed by atoms with van der Waals surface area (Å²) in [4.78, 5) is 25.6. The fourth-order valence-corrected chi connectivity index (χ4v) is 2.79. The van der Waals surface area contributed by atoms with E-state index in [9.17, 15) is 4.79 Å². The van der Waals surface area contributed by atoms with Crippen LogP contribution in [0.3, 0.4) is 0 Å². The third-order valence-corrected chi connectivity index (χ3v) is 4.21. The maximum absolute atomic E-state index is 12.7. The topological polar surface area (TPSA) is 70.6 Å². The molecule has 1 aliphatic heterocycles. The summed E-state index contributed by atoms with van der Waals surface area (Å²) in [5.41, 5.74) is 0.972. The zero-order valence-electron chi connectivity index (χ0n) is 15.5. The van der Waals surface area contributed by atoms with E-state index in [1.165, 1.54) is 6.33 Å². The van der Waals surface area contributed by atoms with Crippen molar-refractivity contribution in [2.24, 2.45) is 0 Å². The monoisotopic (exact) mass is 355 g/mol. The van der Waals surface area contributed by atoms with Gasteiger partial charge in [-0.2, -0.15) is 0 Å². The molecular weight excluding hydrogens is 330 g/mol. The summed E-state index contributed by atoms with van der Waals surface area (Å²) in [7, 11) is 2.10. The maximum atomic E-state index is 12.7. The number of ether oxygens (including phenoxy) is 1. The minimum atomic E-state index is -0.275. The molecule has 1 aliphatic rings. The Bertz CT molecular complexity index is 757. The van der Waals surface area contributed by atoms with Crippen molar-refractivity contribution in [2.45, 2.75) is 20.0 Å². The van der Waals surface area contributed by atoms with Crippen molar-refractivity contribution in [3.8, 4) is 5.75 Å². The highest BCUT2D eigenvalue weighted by atomic mass is 16.5. The molecule has 0 atom stereocenters. The molecule has 2 heterocycles.